The summed E-state index contributed by atoms with van der Waals surface area (Å²) in [6.07, 6.45) is 7.26. The highest BCUT2D eigenvalue weighted by atomic mass is 35.5. The Labute approximate surface area is 155 Å². The highest BCUT2D eigenvalue weighted by molar-refractivity contribution is 7.89. The maximum absolute atomic E-state index is 13.0. The molecule has 0 saturated carbocycles. The van der Waals surface area contributed by atoms with Crippen molar-refractivity contribution < 1.29 is 8.42 Å². The Hall–Kier alpha value is -1.18. The SMILES string of the molecule is CC1CNCC=CCN1S(=O)(=O)c1ccc2cnccc2c1.Cl.Cl. The van der Waals surface area contributed by atoms with E-state index in [9.17, 15) is 8.42 Å². The summed E-state index contributed by atoms with van der Waals surface area (Å²) in [7, 11) is -3.52. The Balaban J connectivity index is 0.00000144. The van der Waals surface area contributed by atoms with Gasteiger partial charge < -0.3 is 5.32 Å². The van der Waals surface area contributed by atoms with Gasteiger partial charge in [-0.25, -0.2) is 8.42 Å². The summed E-state index contributed by atoms with van der Waals surface area (Å²) in [4.78, 5) is 4.38. The molecule has 0 saturated heterocycles. The smallest absolute Gasteiger partial charge is 0.243 e. The first-order valence-electron chi connectivity index (χ1n) is 7.30. The molecule has 1 N–H and O–H groups in total. The fourth-order valence-corrected chi connectivity index (χ4v) is 4.23. The maximum Gasteiger partial charge on any atom is 0.243 e. The van der Waals surface area contributed by atoms with Gasteiger partial charge in [-0.05, 0) is 30.5 Å². The molecule has 0 aliphatic carbocycles. The van der Waals surface area contributed by atoms with Crippen LogP contribution in [0, 0.1) is 0 Å². The third-order valence-corrected chi connectivity index (χ3v) is 5.84. The van der Waals surface area contributed by atoms with Gasteiger partial charge in [-0.1, -0.05) is 18.2 Å². The zero-order valence-corrected chi connectivity index (χ0v) is 15.7. The van der Waals surface area contributed by atoms with E-state index >= 15 is 0 Å². The molecule has 8 heteroatoms. The summed E-state index contributed by atoms with van der Waals surface area (Å²) in [5.74, 6) is 0. The number of pyridine rings is 1. The van der Waals surface area contributed by atoms with Gasteiger partial charge >= 0.3 is 0 Å². The van der Waals surface area contributed by atoms with Crippen LogP contribution in [0.4, 0.5) is 0 Å². The van der Waals surface area contributed by atoms with Crippen molar-refractivity contribution >= 4 is 45.6 Å². The van der Waals surface area contributed by atoms with Crippen molar-refractivity contribution in [3.05, 3.63) is 48.8 Å². The van der Waals surface area contributed by atoms with Gasteiger partial charge in [0, 0.05) is 43.5 Å². The molecule has 0 bridgehead atoms. The van der Waals surface area contributed by atoms with Crippen LogP contribution in [0.2, 0.25) is 0 Å². The van der Waals surface area contributed by atoms with E-state index < -0.39 is 10.0 Å². The number of hydrogen-bond donors (Lipinski definition) is 1. The topological polar surface area (TPSA) is 62.3 Å². The quantitative estimate of drug-likeness (QED) is 0.801. The second-order valence-electron chi connectivity index (χ2n) is 5.44. The number of rotatable bonds is 2. The van der Waals surface area contributed by atoms with Gasteiger partial charge in [-0.15, -0.1) is 24.8 Å². The van der Waals surface area contributed by atoms with E-state index in [0.29, 0.717) is 18.0 Å². The highest BCUT2D eigenvalue weighted by Crippen LogP contribution is 2.23. The van der Waals surface area contributed by atoms with E-state index in [-0.39, 0.29) is 30.9 Å². The number of sulfonamides is 1. The Bertz CT molecular complexity index is 812. The first-order valence-corrected chi connectivity index (χ1v) is 8.74. The number of hydrogen-bond acceptors (Lipinski definition) is 4. The minimum absolute atomic E-state index is 0. The molecule has 132 valence electrons. The molecule has 2 aromatic rings. The second kappa shape index (κ2) is 8.78. The van der Waals surface area contributed by atoms with Gasteiger partial charge in [0.25, 0.3) is 0 Å². The lowest BCUT2D eigenvalue weighted by molar-refractivity contribution is 0.348. The van der Waals surface area contributed by atoms with E-state index in [4.69, 9.17) is 0 Å². The molecule has 5 nitrogen and oxygen atoms in total. The lowest BCUT2D eigenvalue weighted by atomic mass is 10.2. The summed E-state index contributed by atoms with van der Waals surface area (Å²) in [5.41, 5.74) is 0. The Kier molecular flexibility index (Phi) is 7.63. The molecule has 1 atom stereocenters. The predicted molar refractivity (Wildman–Crippen MR) is 102 cm³/mol. The molecule has 0 radical (unpaired) electrons. The van der Waals surface area contributed by atoms with Crippen LogP contribution in [0.3, 0.4) is 0 Å². The van der Waals surface area contributed by atoms with E-state index in [0.717, 1.165) is 17.3 Å². The highest BCUT2D eigenvalue weighted by Gasteiger charge is 2.28. The maximum atomic E-state index is 13.0. The van der Waals surface area contributed by atoms with Crippen molar-refractivity contribution in [1.82, 2.24) is 14.6 Å². The van der Waals surface area contributed by atoms with E-state index in [2.05, 4.69) is 10.3 Å². The average molecular weight is 390 g/mol. The van der Waals surface area contributed by atoms with Crippen LogP contribution in [0.15, 0.2) is 53.7 Å². The minimum Gasteiger partial charge on any atom is -0.312 e. The van der Waals surface area contributed by atoms with Crippen LogP contribution in [-0.4, -0.2) is 43.4 Å². The van der Waals surface area contributed by atoms with Crippen molar-refractivity contribution in [1.29, 1.82) is 0 Å². The molecule has 24 heavy (non-hydrogen) atoms. The van der Waals surface area contributed by atoms with Crippen LogP contribution in [0.25, 0.3) is 10.8 Å². The van der Waals surface area contributed by atoms with Gasteiger partial charge in [0.15, 0.2) is 0 Å². The van der Waals surface area contributed by atoms with Crippen LogP contribution < -0.4 is 5.32 Å². The van der Waals surface area contributed by atoms with E-state index in [1.165, 1.54) is 4.31 Å². The third kappa shape index (κ3) is 4.26. The Morgan fingerprint density at radius 2 is 1.96 bits per heavy atom. The zero-order valence-electron chi connectivity index (χ0n) is 13.3. The van der Waals surface area contributed by atoms with Crippen molar-refractivity contribution in [3.8, 4) is 0 Å². The summed E-state index contributed by atoms with van der Waals surface area (Å²) >= 11 is 0. The number of aromatic nitrogens is 1. The molecule has 0 amide bonds. The fourth-order valence-electron chi connectivity index (χ4n) is 2.61. The summed E-state index contributed by atoms with van der Waals surface area (Å²) in [5, 5.41) is 5.03. The predicted octanol–water partition coefficient (Wildman–Crippen LogP) is 2.62. The largest absolute Gasteiger partial charge is 0.312 e. The molecule has 1 aliphatic heterocycles. The average Bonchev–Trinajstić information content (AvgIpc) is 2.50. The molecule has 1 unspecified atom stereocenters. The van der Waals surface area contributed by atoms with Gasteiger partial charge in [0.2, 0.25) is 10.0 Å². The molecular formula is C16H21Cl2N3O2S. The summed E-state index contributed by atoms with van der Waals surface area (Å²) in [6.45, 7) is 3.75. The summed E-state index contributed by atoms with van der Waals surface area (Å²) < 4.78 is 27.4. The molecule has 3 rings (SSSR count). The minimum atomic E-state index is -3.52. The van der Waals surface area contributed by atoms with E-state index in [1.807, 2.05) is 25.1 Å². The summed E-state index contributed by atoms with van der Waals surface area (Å²) in [6, 6.07) is 6.91. The number of halogens is 2. The van der Waals surface area contributed by atoms with Crippen LogP contribution >= 0.6 is 24.8 Å². The third-order valence-electron chi connectivity index (χ3n) is 3.86. The van der Waals surface area contributed by atoms with E-state index in [1.54, 1.807) is 30.6 Å². The van der Waals surface area contributed by atoms with Gasteiger partial charge in [0.1, 0.15) is 0 Å². The van der Waals surface area contributed by atoms with Crippen molar-refractivity contribution in [2.75, 3.05) is 19.6 Å². The second-order valence-corrected chi connectivity index (χ2v) is 7.33. The molecular weight excluding hydrogens is 369 g/mol. The first kappa shape index (κ1) is 20.9. The first-order chi connectivity index (χ1) is 10.6. The lowest BCUT2D eigenvalue weighted by Gasteiger charge is -2.28. The number of nitrogens with one attached hydrogen (secondary N) is 1. The molecule has 1 aromatic carbocycles. The van der Waals surface area contributed by atoms with Crippen LogP contribution in [-0.2, 0) is 10.0 Å². The molecule has 0 fully saturated rings. The monoisotopic (exact) mass is 389 g/mol. The number of fused-ring (bicyclic) bond motifs is 1. The Morgan fingerprint density at radius 1 is 1.17 bits per heavy atom. The van der Waals surface area contributed by atoms with Crippen LogP contribution in [0.1, 0.15) is 6.92 Å². The molecule has 0 spiro atoms. The van der Waals surface area contributed by atoms with Gasteiger partial charge in [-0.3, -0.25) is 4.98 Å². The number of benzene rings is 1. The number of nitrogens with zero attached hydrogens (tertiary/aromatic N) is 2. The Morgan fingerprint density at radius 3 is 2.75 bits per heavy atom. The van der Waals surface area contributed by atoms with Gasteiger partial charge in [-0.2, -0.15) is 4.31 Å². The molecule has 2 heterocycles. The standard InChI is InChI=1S/C16H19N3O2S.2ClH/c1-13-11-17-7-2-3-9-19(13)22(20,21)16-5-4-15-12-18-8-6-14(15)10-16;;/h2-6,8,10,12-13,17H,7,9,11H2,1H3;2*1H. The molecule has 1 aliphatic rings. The lowest BCUT2D eigenvalue weighted by Crippen LogP contribution is -2.45. The van der Waals surface area contributed by atoms with Gasteiger partial charge in [0.05, 0.1) is 4.90 Å². The fraction of sp³-hybridized carbons (Fsp3) is 0.312. The van der Waals surface area contributed by atoms with Crippen molar-refractivity contribution in [2.45, 2.75) is 17.9 Å². The normalized spacial score (nSPS) is 19.0. The van der Waals surface area contributed by atoms with Crippen molar-refractivity contribution in [2.24, 2.45) is 0 Å². The van der Waals surface area contributed by atoms with Crippen LogP contribution in [0.5, 0.6) is 0 Å². The zero-order chi connectivity index (χ0) is 15.6. The molecule has 1 aromatic heterocycles. The van der Waals surface area contributed by atoms with Crippen molar-refractivity contribution in [3.63, 3.8) is 0 Å².